The smallest absolute Gasteiger partial charge is 0.343 e. The molecule has 39 heavy (non-hydrogen) atoms. The van der Waals surface area contributed by atoms with Gasteiger partial charge in [0.05, 0.1) is 18.9 Å². The Balaban J connectivity index is 1.42. The Bertz CT molecular complexity index is 1540. The summed E-state index contributed by atoms with van der Waals surface area (Å²) in [5.74, 6) is -0.525. The minimum absolute atomic E-state index is 0.254. The van der Waals surface area contributed by atoms with Gasteiger partial charge in [-0.25, -0.2) is 10.2 Å². The van der Waals surface area contributed by atoms with E-state index in [0.29, 0.717) is 33.1 Å². The number of carbonyl (C=O) groups excluding carboxylic acids is 3. The van der Waals surface area contributed by atoms with E-state index in [2.05, 4.69) is 31.8 Å². The molecule has 4 aromatic carbocycles. The SMILES string of the molecule is COc1ccc(C(=O)Oc2ccc(Br)cc2C=NNC(=O)c2cccc(NC(=O)c3ccc(Cl)cc3)c2)cc1. The fourth-order valence-electron chi connectivity index (χ4n) is 3.37. The molecule has 10 heteroatoms. The first-order valence-electron chi connectivity index (χ1n) is 11.5. The third kappa shape index (κ3) is 7.53. The molecule has 0 radical (unpaired) electrons. The number of carbonyl (C=O) groups is 3. The maximum Gasteiger partial charge on any atom is 0.343 e. The monoisotopic (exact) mass is 605 g/mol. The fourth-order valence-corrected chi connectivity index (χ4v) is 3.87. The van der Waals surface area contributed by atoms with Gasteiger partial charge >= 0.3 is 5.97 Å². The Labute approximate surface area is 237 Å². The number of anilines is 1. The molecule has 0 saturated heterocycles. The van der Waals surface area contributed by atoms with Gasteiger partial charge in [-0.15, -0.1) is 0 Å². The molecule has 0 heterocycles. The molecule has 2 amide bonds. The molecule has 0 aromatic heterocycles. The molecular weight excluding hydrogens is 586 g/mol. The second-order valence-corrected chi connectivity index (χ2v) is 9.39. The van der Waals surface area contributed by atoms with Crippen LogP contribution in [-0.4, -0.2) is 31.1 Å². The highest BCUT2D eigenvalue weighted by Crippen LogP contribution is 2.23. The number of hydrazone groups is 1. The highest BCUT2D eigenvalue weighted by Gasteiger charge is 2.13. The zero-order chi connectivity index (χ0) is 27.8. The third-order valence-corrected chi connectivity index (χ3v) is 6.10. The Morgan fingerprint density at radius 2 is 1.56 bits per heavy atom. The first-order chi connectivity index (χ1) is 18.8. The van der Waals surface area contributed by atoms with Crippen LogP contribution in [-0.2, 0) is 0 Å². The number of rotatable bonds is 8. The van der Waals surface area contributed by atoms with Crippen molar-refractivity contribution in [3.05, 3.63) is 123 Å². The summed E-state index contributed by atoms with van der Waals surface area (Å²) in [6.45, 7) is 0. The van der Waals surface area contributed by atoms with Crippen LogP contribution in [0.4, 0.5) is 5.69 Å². The molecule has 2 N–H and O–H groups in total. The molecule has 196 valence electrons. The van der Waals surface area contributed by atoms with Gasteiger partial charge in [-0.05, 0) is 84.9 Å². The number of hydrogen-bond acceptors (Lipinski definition) is 6. The van der Waals surface area contributed by atoms with E-state index in [1.807, 2.05) is 0 Å². The number of amides is 2. The van der Waals surface area contributed by atoms with Gasteiger partial charge in [0.1, 0.15) is 11.5 Å². The van der Waals surface area contributed by atoms with Crippen molar-refractivity contribution in [2.45, 2.75) is 0 Å². The van der Waals surface area contributed by atoms with E-state index < -0.39 is 11.9 Å². The lowest BCUT2D eigenvalue weighted by Gasteiger charge is -2.09. The second kappa shape index (κ2) is 12.9. The largest absolute Gasteiger partial charge is 0.497 e. The van der Waals surface area contributed by atoms with Gasteiger partial charge in [-0.2, -0.15) is 5.10 Å². The predicted molar refractivity (Wildman–Crippen MR) is 153 cm³/mol. The van der Waals surface area contributed by atoms with Crippen LogP contribution in [0.2, 0.25) is 5.02 Å². The zero-order valence-electron chi connectivity index (χ0n) is 20.5. The molecular formula is C29H21BrClN3O5. The summed E-state index contributed by atoms with van der Waals surface area (Å²) in [7, 11) is 1.54. The van der Waals surface area contributed by atoms with Crippen molar-refractivity contribution in [1.29, 1.82) is 0 Å². The average molecular weight is 607 g/mol. The number of benzene rings is 4. The van der Waals surface area contributed by atoms with Crippen molar-refractivity contribution in [1.82, 2.24) is 5.43 Å². The number of halogens is 2. The molecule has 0 atom stereocenters. The van der Waals surface area contributed by atoms with E-state index >= 15 is 0 Å². The number of hydrogen-bond donors (Lipinski definition) is 2. The third-order valence-electron chi connectivity index (χ3n) is 5.36. The summed E-state index contributed by atoms with van der Waals surface area (Å²) in [6, 6.07) is 24.4. The van der Waals surface area contributed by atoms with Crippen LogP contribution in [0.25, 0.3) is 0 Å². The van der Waals surface area contributed by atoms with Gasteiger partial charge in [-0.3, -0.25) is 9.59 Å². The maximum absolute atomic E-state index is 12.7. The lowest BCUT2D eigenvalue weighted by molar-refractivity contribution is 0.0733. The van der Waals surface area contributed by atoms with E-state index in [1.54, 1.807) is 84.9 Å². The van der Waals surface area contributed by atoms with Crippen molar-refractivity contribution in [2.24, 2.45) is 5.10 Å². The van der Waals surface area contributed by atoms with E-state index in [9.17, 15) is 14.4 Å². The van der Waals surface area contributed by atoms with Crippen molar-refractivity contribution < 1.29 is 23.9 Å². The standard InChI is InChI=1S/C29H21BrClN3O5/c1-38-25-12-7-19(8-13-25)29(37)39-26-14-9-22(30)15-21(26)17-32-34-28(36)20-3-2-4-24(16-20)33-27(35)18-5-10-23(31)11-6-18/h2-17H,1H3,(H,33,35)(H,34,36). The van der Waals surface area contributed by atoms with Crippen molar-refractivity contribution in [3.63, 3.8) is 0 Å². The first kappa shape index (κ1) is 27.6. The molecule has 4 aromatic rings. The maximum atomic E-state index is 12.7. The number of methoxy groups -OCH3 is 1. The minimum atomic E-state index is -0.559. The molecule has 4 rings (SSSR count). The molecule has 0 bridgehead atoms. The first-order valence-corrected chi connectivity index (χ1v) is 12.7. The van der Waals surface area contributed by atoms with Crippen LogP contribution >= 0.6 is 27.5 Å². The van der Waals surface area contributed by atoms with Crippen LogP contribution in [0.15, 0.2) is 101 Å². The quantitative estimate of drug-likeness (QED) is 0.105. The Kier molecular flexibility index (Phi) is 9.09. The van der Waals surface area contributed by atoms with E-state index in [0.717, 1.165) is 4.47 Å². The second-order valence-electron chi connectivity index (χ2n) is 8.04. The number of esters is 1. The van der Waals surface area contributed by atoms with Gasteiger partial charge in [0.2, 0.25) is 0 Å². The van der Waals surface area contributed by atoms with Gasteiger partial charge < -0.3 is 14.8 Å². The summed E-state index contributed by atoms with van der Waals surface area (Å²) >= 11 is 9.25. The van der Waals surface area contributed by atoms with Gasteiger partial charge in [0.15, 0.2) is 0 Å². The van der Waals surface area contributed by atoms with Gasteiger partial charge in [0, 0.05) is 31.9 Å². The molecule has 0 aliphatic rings. The lowest BCUT2D eigenvalue weighted by atomic mass is 10.1. The zero-order valence-corrected chi connectivity index (χ0v) is 22.8. The minimum Gasteiger partial charge on any atom is -0.497 e. The normalized spacial score (nSPS) is 10.6. The summed E-state index contributed by atoms with van der Waals surface area (Å²) in [5.41, 5.74) is 4.39. The highest BCUT2D eigenvalue weighted by molar-refractivity contribution is 9.10. The molecule has 0 unspecified atom stereocenters. The van der Waals surface area contributed by atoms with Crippen LogP contribution in [0.3, 0.4) is 0 Å². The highest BCUT2D eigenvalue weighted by atomic mass is 79.9. The summed E-state index contributed by atoms with van der Waals surface area (Å²) < 4.78 is 11.4. The molecule has 0 fully saturated rings. The Morgan fingerprint density at radius 3 is 2.28 bits per heavy atom. The average Bonchev–Trinajstić information content (AvgIpc) is 2.94. The van der Waals surface area contributed by atoms with Gasteiger partial charge in [0.25, 0.3) is 11.8 Å². The van der Waals surface area contributed by atoms with Gasteiger partial charge in [-0.1, -0.05) is 33.6 Å². The summed E-state index contributed by atoms with van der Waals surface area (Å²) in [5, 5.41) is 7.29. The fraction of sp³-hybridized carbons (Fsp3) is 0.0345. The van der Waals surface area contributed by atoms with Crippen molar-refractivity contribution in [2.75, 3.05) is 12.4 Å². The molecule has 0 saturated carbocycles. The Hall–Kier alpha value is -4.47. The number of nitrogens with one attached hydrogen (secondary N) is 2. The molecule has 8 nitrogen and oxygen atoms in total. The summed E-state index contributed by atoms with van der Waals surface area (Å²) in [4.78, 5) is 37.8. The van der Waals surface area contributed by atoms with Crippen LogP contribution < -0.4 is 20.2 Å². The van der Waals surface area contributed by atoms with Crippen LogP contribution in [0.1, 0.15) is 36.6 Å². The van der Waals surface area contributed by atoms with Crippen LogP contribution in [0, 0.1) is 0 Å². The number of nitrogens with zero attached hydrogens (tertiary/aromatic N) is 1. The Morgan fingerprint density at radius 1 is 0.846 bits per heavy atom. The topological polar surface area (TPSA) is 106 Å². The van der Waals surface area contributed by atoms with E-state index in [4.69, 9.17) is 21.1 Å². The summed E-state index contributed by atoms with van der Waals surface area (Å²) in [6.07, 6.45) is 1.37. The molecule has 0 aliphatic carbocycles. The number of ether oxygens (including phenoxy) is 2. The van der Waals surface area contributed by atoms with E-state index in [-0.39, 0.29) is 17.2 Å². The lowest BCUT2D eigenvalue weighted by Crippen LogP contribution is -2.18. The van der Waals surface area contributed by atoms with Crippen molar-refractivity contribution >= 4 is 57.2 Å². The molecule has 0 spiro atoms. The predicted octanol–water partition coefficient (Wildman–Crippen LogP) is 6.35. The van der Waals surface area contributed by atoms with Crippen LogP contribution in [0.5, 0.6) is 11.5 Å². The van der Waals surface area contributed by atoms with E-state index in [1.165, 1.54) is 19.4 Å². The molecule has 0 aliphatic heterocycles. The van der Waals surface area contributed by atoms with Crippen molar-refractivity contribution in [3.8, 4) is 11.5 Å².